The molecular formula is C4H6O5S2. The fourth-order valence-corrected chi connectivity index (χ4v) is 3.48. The lowest BCUT2D eigenvalue weighted by molar-refractivity contribution is 0.477. The van der Waals surface area contributed by atoms with E-state index in [-0.39, 0.29) is 0 Å². The van der Waals surface area contributed by atoms with Crippen molar-refractivity contribution in [3.05, 3.63) is 11.5 Å². The fourth-order valence-electron chi connectivity index (χ4n) is 0.733. The first-order valence-electron chi connectivity index (χ1n) is 2.68. The normalized spacial score (nSPS) is 29.0. The zero-order valence-electron chi connectivity index (χ0n) is 5.34. The molecule has 0 aromatic heterocycles. The Bertz CT molecular complexity index is 373. The van der Waals surface area contributed by atoms with E-state index in [2.05, 4.69) is 0 Å². The molecule has 0 amide bonds. The van der Waals surface area contributed by atoms with E-state index in [1.165, 1.54) is 0 Å². The topological polar surface area (TPSA) is 88.5 Å². The Morgan fingerprint density at radius 3 is 2.18 bits per heavy atom. The van der Waals surface area contributed by atoms with Crippen molar-refractivity contribution in [3.63, 3.8) is 0 Å². The minimum absolute atomic E-state index is 0.550. The number of hydrogen-bond donors (Lipinski definition) is 1. The summed E-state index contributed by atoms with van der Waals surface area (Å²) in [5.74, 6) is -0.550. The van der Waals surface area contributed by atoms with Crippen LogP contribution < -0.4 is 0 Å². The maximum Gasteiger partial charge on any atom is 0.272 e. The molecule has 0 bridgehead atoms. The molecule has 0 aliphatic carbocycles. The molecule has 0 aromatic rings. The van der Waals surface area contributed by atoms with Crippen LogP contribution in [0.4, 0.5) is 0 Å². The fraction of sp³-hybridized carbons (Fsp3) is 0.500. The van der Waals surface area contributed by atoms with Gasteiger partial charge in [0, 0.05) is 5.41 Å². The molecule has 7 heteroatoms. The summed E-state index contributed by atoms with van der Waals surface area (Å²) < 4.78 is 50.4. The zero-order valence-corrected chi connectivity index (χ0v) is 6.97. The first kappa shape index (κ1) is 8.69. The van der Waals surface area contributed by atoms with Crippen molar-refractivity contribution >= 4 is 20.0 Å². The number of sulfone groups is 1. The van der Waals surface area contributed by atoms with E-state index in [4.69, 9.17) is 4.55 Å². The van der Waals surface area contributed by atoms with Gasteiger partial charge in [0.1, 0.15) is 5.25 Å². The predicted molar refractivity (Wildman–Crippen MR) is 38.3 cm³/mol. The smallest absolute Gasteiger partial charge is 0.272 e. The van der Waals surface area contributed by atoms with Crippen LogP contribution in [0.2, 0.25) is 0 Å². The zero-order chi connectivity index (χ0) is 8.70. The molecule has 0 saturated heterocycles. The molecule has 1 aliphatic rings. The van der Waals surface area contributed by atoms with Gasteiger partial charge in [-0.15, -0.1) is 0 Å². The minimum Gasteiger partial charge on any atom is -0.285 e. The quantitative estimate of drug-likeness (QED) is 0.556. The van der Waals surface area contributed by atoms with Crippen molar-refractivity contribution in [2.45, 2.75) is 5.25 Å². The molecule has 11 heavy (non-hydrogen) atoms. The van der Waals surface area contributed by atoms with Crippen LogP contribution >= 0.6 is 0 Å². The molecule has 0 radical (unpaired) electrons. The molecule has 0 aromatic carbocycles. The summed E-state index contributed by atoms with van der Waals surface area (Å²) in [4.78, 5) is 0. The van der Waals surface area contributed by atoms with Crippen LogP contribution in [0, 0.1) is 0 Å². The standard InChI is InChI=1S/C4H6O5S2/c5-10(6)2-1-4(3-10)11(7,8)9/h1-2,4H,3H2,(H,7,8,9)/t4-/m0/s1. The van der Waals surface area contributed by atoms with E-state index in [9.17, 15) is 16.8 Å². The van der Waals surface area contributed by atoms with E-state index >= 15 is 0 Å². The van der Waals surface area contributed by atoms with Gasteiger partial charge in [0.15, 0.2) is 9.84 Å². The highest BCUT2D eigenvalue weighted by atomic mass is 32.2. The molecule has 0 spiro atoms. The molecule has 5 nitrogen and oxygen atoms in total. The minimum atomic E-state index is -4.24. The highest BCUT2D eigenvalue weighted by Crippen LogP contribution is 2.14. The first-order valence-corrected chi connectivity index (χ1v) is 5.90. The largest absolute Gasteiger partial charge is 0.285 e. The second-order valence-electron chi connectivity index (χ2n) is 2.21. The summed E-state index contributed by atoms with van der Waals surface area (Å²) in [7, 11) is -7.64. The molecule has 1 heterocycles. The van der Waals surface area contributed by atoms with E-state index in [0.29, 0.717) is 0 Å². The second-order valence-corrected chi connectivity index (χ2v) is 5.78. The van der Waals surface area contributed by atoms with Crippen molar-refractivity contribution in [1.29, 1.82) is 0 Å². The third-order valence-corrected chi connectivity index (χ3v) is 3.98. The summed E-state index contributed by atoms with van der Waals surface area (Å²) in [5.41, 5.74) is 0. The van der Waals surface area contributed by atoms with Crippen LogP contribution in [-0.2, 0) is 20.0 Å². The second kappa shape index (κ2) is 2.29. The monoisotopic (exact) mass is 198 g/mol. The molecular weight excluding hydrogens is 192 g/mol. The SMILES string of the molecule is O=S1(=O)C=C[C@H](S(=O)(=O)O)C1. The summed E-state index contributed by atoms with van der Waals surface area (Å²) in [6, 6.07) is 0. The lowest BCUT2D eigenvalue weighted by Crippen LogP contribution is -2.21. The molecule has 1 aliphatic heterocycles. The molecule has 1 N–H and O–H groups in total. The Hall–Kier alpha value is -0.400. The molecule has 1 rings (SSSR count). The van der Waals surface area contributed by atoms with Crippen LogP contribution in [0.3, 0.4) is 0 Å². The van der Waals surface area contributed by atoms with E-state index < -0.39 is 31.0 Å². The van der Waals surface area contributed by atoms with Gasteiger partial charge in [-0.05, 0) is 0 Å². The van der Waals surface area contributed by atoms with Crippen molar-refractivity contribution in [3.8, 4) is 0 Å². The van der Waals surface area contributed by atoms with Crippen LogP contribution in [0.15, 0.2) is 11.5 Å². The first-order chi connectivity index (χ1) is 4.81. The maximum atomic E-state index is 10.6. The lowest BCUT2D eigenvalue weighted by Gasteiger charge is -1.99. The van der Waals surface area contributed by atoms with Crippen LogP contribution in [0.1, 0.15) is 0 Å². The van der Waals surface area contributed by atoms with Gasteiger partial charge < -0.3 is 0 Å². The van der Waals surface area contributed by atoms with Crippen LogP contribution in [0.25, 0.3) is 0 Å². The summed E-state index contributed by atoms with van der Waals surface area (Å²) in [5, 5.41) is -0.488. The van der Waals surface area contributed by atoms with Gasteiger partial charge in [-0.3, -0.25) is 4.55 Å². The predicted octanol–water partition coefficient (Wildman–Crippen LogP) is -0.815. The summed E-state index contributed by atoms with van der Waals surface area (Å²) in [6.45, 7) is 0. The average Bonchev–Trinajstić information content (AvgIpc) is 2.07. The number of rotatable bonds is 1. The highest BCUT2D eigenvalue weighted by molar-refractivity contribution is 7.96. The Labute approximate surface area is 64.4 Å². The highest BCUT2D eigenvalue weighted by Gasteiger charge is 2.30. The van der Waals surface area contributed by atoms with Crippen molar-refractivity contribution in [2.24, 2.45) is 0 Å². The third-order valence-electron chi connectivity index (χ3n) is 1.28. The Balaban J connectivity index is 2.99. The Kier molecular flexibility index (Phi) is 1.81. The van der Waals surface area contributed by atoms with Gasteiger partial charge in [-0.1, -0.05) is 6.08 Å². The van der Waals surface area contributed by atoms with Crippen molar-refractivity contribution in [1.82, 2.24) is 0 Å². The summed E-state index contributed by atoms with van der Waals surface area (Å²) >= 11 is 0. The van der Waals surface area contributed by atoms with Gasteiger partial charge in [0.25, 0.3) is 10.1 Å². The Morgan fingerprint density at radius 2 is 2.00 bits per heavy atom. The third kappa shape index (κ3) is 2.01. The molecule has 0 saturated carbocycles. The van der Waals surface area contributed by atoms with Gasteiger partial charge in [-0.2, -0.15) is 8.42 Å². The van der Waals surface area contributed by atoms with Gasteiger partial charge >= 0.3 is 0 Å². The molecule has 1 atom stereocenters. The molecule has 64 valence electrons. The van der Waals surface area contributed by atoms with Crippen LogP contribution in [0.5, 0.6) is 0 Å². The van der Waals surface area contributed by atoms with Crippen molar-refractivity contribution in [2.75, 3.05) is 5.75 Å². The van der Waals surface area contributed by atoms with E-state index in [0.717, 1.165) is 11.5 Å². The summed E-state index contributed by atoms with van der Waals surface area (Å²) in [6.07, 6.45) is 0.963. The average molecular weight is 198 g/mol. The molecule has 0 unspecified atom stereocenters. The molecule has 0 fully saturated rings. The van der Waals surface area contributed by atoms with E-state index in [1.807, 2.05) is 0 Å². The maximum absolute atomic E-state index is 10.6. The van der Waals surface area contributed by atoms with Gasteiger partial charge in [-0.25, -0.2) is 8.42 Å². The lowest BCUT2D eigenvalue weighted by atomic mass is 10.5. The van der Waals surface area contributed by atoms with Crippen molar-refractivity contribution < 1.29 is 21.4 Å². The van der Waals surface area contributed by atoms with Gasteiger partial charge in [0.2, 0.25) is 0 Å². The Morgan fingerprint density at radius 1 is 1.45 bits per heavy atom. The van der Waals surface area contributed by atoms with Gasteiger partial charge in [0.05, 0.1) is 5.75 Å². The number of hydrogen-bond acceptors (Lipinski definition) is 4. The van der Waals surface area contributed by atoms with E-state index in [1.54, 1.807) is 0 Å². The van der Waals surface area contributed by atoms with Crippen LogP contribution in [-0.4, -0.2) is 32.4 Å².